The van der Waals surface area contributed by atoms with E-state index in [1.807, 2.05) is 48.5 Å². The van der Waals surface area contributed by atoms with Gasteiger partial charge in [-0.2, -0.15) is 0 Å². The molecule has 2 aliphatic heterocycles. The summed E-state index contributed by atoms with van der Waals surface area (Å²) < 4.78 is 5.38. The highest BCUT2D eigenvalue weighted by atomic mass is 35.5. The molecule has 1 aromatic heterocycles. The predicted octanol–water partition coefficient (Wildman–Crippen LogP) is 6.38. The van der Waals surface area contributed by atoms with E-state index in [-0.39, 0.29) is 30.0 Å². The van der Waals surface area contributed by atoms with Gasteiger partial charge in [-0.1, -0.05) is 35.9 Å². The minimum Gasteiger partial charge on any atom is -0.495 e. The number of hydrogen-bond acceptors (Lipinski definition) is 5. The molecular weight excluding hydrogens is 542 g/mol. The van der Waals surface area contributed by atoms with Crippen molar-refractivity contribution in [1.29, 1.82) is 0 Å². The van der Waals surface area contributed by atoms with Gasteiger partial charge in [0, 0.05) is 42.5 Å². The number of benzene rings is 2. The number of rotatable bonds is 7. The number of pyridine rings is 1. The Balaban J connectivity index is 1.49. The second-order valence-corrected chi connectivity index (χ2v) is 11.5. The maximum absolute atomic E-state index is 13.0. The second-order valence-electron chi connectivity index (χ2n) is 10.7. The molecule has 0 unspecified atom stereocenters. The fourth-order valence-corrected chi connectivity index (χ4v) is 6.18. The number of halogens is 1. The number of fused-ring (bicyclic) bond motifs is 1. The summed E-state index contributed by atoms with van der Waals surface area (Å²) in [6.07, 6.45) is 4.28. The Morgan fingerprint density at radius 1 is 1.20 bits per heavy atom. The highest BCUT2D eigenvalue weighted by Crippen LogP contribution is 2.46. The van der Waals surface area contributed by atoms with Crippen LogP contribution in [0, 0.1) is 0 Å². The molecule has 2 N–H and O–H groups in total. The Labute approximate surface area is 246 Å². The lowest BCUT2D eigenvalue weighted by molar-refractivity contribution is -0.116. The number of nitrogens with zero attached hydrogens (tertiary/aromatic N) is 3. The number of carbonyl (C=O) groups excluding carboxylic acids is 1. The number of carbonyl (C=O) groups is 1. The molecule has 1 fully saturated rings. The topological polar surface area (TPSA) is 69.7 Å². The van der Waals surface area contributed by atoms with Crippen LogP contribution in [0.4, 0.5) is 11.4 Å². The summed E-state index contributed by atoms with van der Waals surface area (Å²) >= 11 is 12.9. The van der Waals surface area contributed by atoms with Gasteiger partial charge in [0.05, 0.1) is 36.1 Å². The number of allylic oxidation sites excluding steroid dienone is 1. The molecule has 1 amide bonds. The lowest BCUT2D eigenvalue weighted by Crippen LogP contribution is -2.42. The molecule has 40 heavy (non-hydrogen) atoms. The third-order valence-corrected chi connectivity index (χ3v) is 8.49. The summed E-state index contributed by atoms with van der Waals surface area (Å²) in [5, 5.41) is 7.63. The largest absolute Gasteiger partial charge is 0.495 e. The van der Waals surface area contributed by atoms with Crippen molar-refractivity contribution in [2.24, 2.45) is 0 Å². The second kappa shape index (κ2) is 11.1. The van der Waals surface area contributed by atoms with E-state index in [4.69, 9.17) is 28.6 Å². The number of aromatic nitrogens is 1. The van der Waals surface area contributed by atoms with Crippen LogP contribution >= 0.6 is 23.8 Å². The first-order valence-electron chi connectivity index (χ1n) is 13.3. The van der Waals surface area contributed by atoms with E-state index in [1.165, 1.54) is 5.57 Å². The maximum Gasteiger partial charge on any atom is 0.226 e. The predicted molar refractivity (Wildman–Crippen MR) is 166 cm³/mol. The van der Waals surface area contributed by atoms with Gasteiger partial charge in [0.15, 0.2) is 5.11 Å². The van der Waals surface area contributed by atoms with Gasteiger partial charge < -0.3 is 25.2 Å². The third kappa shape index (κ3) is 5.25. The van der Waals surface area contributed by atoms with Gasteiger partial charge in [-0.25, -0.2) is 0 Å². The highest BCUT2D eigenvalue weighted by Gasteiger charge is 2.41. The molecule has 2 atom stereocenters. The van der Waals surface area contributed by atoms with Crippen LogP contribution in [0.5, 0.6) is 5.75 Å². The standard InChI is InChI=1S/C31H34ClN5O2S/c1-19-18-31(2,3)36(4)25-17-22(32)21(16-20(19)25)29-28(24-11-8-9-14-33-24)35-30(40)37(29)15-13-27(38)34-23-10-6-7-12-26(23)39-5/h6-12,14,16-18,28-29H,13,15H2,1-5H3,(H,34,38)(H,35,40)/t28-,29-/m0/s1. The molecule has 1 saturated heterocycles. The van der Waals surface area contributed by atoms with E-state index < -0.39 is 0 Å². The van der Waals surface area contributed by atoms with Gasteiger partial charge in [0.1, 0.15) is 5.75 Å². The molecule has 3 aromatic rings. The number of para-hydroxylation sites is 2. The van der Waals surface area contributed by atoms with Gasteiger partial charge in [0.2, 0.25) is 5.91 Å². The van der Waals surface area contributed by atoms with E-state index in [0.29, 0.717) is 28.1 Å². The van der Waals surface area contributed by atoms with Crippen LogP contribution in [-0.2, 0) is 4.79 Å². The third-order valence-electron chi connectivity index (χ3n) is 7.81. The normalized spacial score (nSPS) is 19.6. The lowest BCUT2D eigenvalue weighted by Gasteiger charge is -2.41. The van der Waals surface area contributed by atoms with Crippen molar-refractivity contribution in [3.05, 3.63) is 88.7 Å². The summed E-state index contributed by atoms with van der Waals surface area (Å²) in [6.45, 7) is 6.92. The molecule has 7 nitrogen and oxygen atoms in total. The van der Waals surface area contributed by atoms with Crippen LogP contribution in [-0.4, -0.2) is 47.1 Å². The summed E-state index contributed by atoms with van der Waals surface area (Å²) in [7, 11) is 3.67. The molecule has 208 valence electrons. The Morgan fingerprint density at radius 2 is 1.95 bits per heavy atom. The van der Waals surface area contributed by atoms with Crippen LogP contribution in [0.3, 0.4) is 0 Å². The molecule has 5 rings (SSSR count). The minimum atomic E-state index is -0.257. The smallest absolute Gasteiger partial charge is 0.226 e. The Kier molecular flexibility index (Phi) is 7.75. The van der Waals surface area contributed by atoms with Crippen molar-refractivity contribution in [3.8, 4) is 5.75 Å². The molecule has 9 heteroatoms. The summed E-state index contributed by atoms with van der Waals surface area (Å²) in [5.41, 5.74) is 5.71. The molecule has 0 bridgehead atoms. The summed E-state index contributed by atoms with van der Waals surface area (Å²) in [5.74, 6) is 0.478. The number of methoxy groups -OCH3 is 1. The van der Waals surface area contributed by atoms with E-state index in [9.17, 15) is 4.79 Å². The van der Waals surface area contributed by atoms with Crippen LogP contribution in [0.15, 0.2) is 66.9 Å². The maximum atomic E-state index is 13.0. The highest BCUT2D eigenvalue weighted by molar-refractivity contribution is 7.80. The van der Waals surface area contributed by atoms with Gasteiger partial charge >= 0.3 is 0 Å². The Hall–Kier alpha value is -3.62. The van der Waals surface area contributed by atoms with E-state index >= 15 is 0 Å². The number of ether oxygens (including phenoxy) is 1. The zero-order chi connectivity index (χ0) is 28.6. The van der Waals surface area contributed by atoms with Crippen LogP contribution in [0.1, 0.15) is 56.1 Å². The molecular formula is C31H34ClN5O2S. The first-order chi connectivity index (χ1) is 19.1. The average Bonchev–Trinajstić information content (AvgIpc) is 3.26. The first kappa shape index (κ1) is 27.9. The van der Waals surface area contributed by atoms with Gasteiger partial charge in [-0.3, -0.25) is 9.78 Å². The summed E-state index contributed by atoms with van der Waals surface area (Å²) in [6, 6.07) is 16.9. The molecule has 0 saturated carbocycles. The lowest BCUT2D eigenvalue weighted by atomic mass is 9.86. The van der Waals surface area contributed by atoms with Crippen molar-refractivity contribution in [1.82, 2.24) is 15.2 Å². The Bertz CT molecular complexity index is 1480. The molecule has 2 aliphatic rings. The molecule has 0 spiro atoms. The number of thiocarbonyl (C=S) groups is 1. The SMILES string of the molecule is COc1ccccc1NC(=O)CCN1C(=S)N[C@@H](c2ccccn2)[C@@H]1c1cc2c(cc1Cl)N(C)C(C)(C)C=C2C. The fraction of sp³-hybridized carbons (Fsp3) is 0.323. The van der Waals surface area contributed by atoms with Crippen molar-refractivity contribution < 1.29 is 9.53 Å². The van der Waals surface area contributed by atoms with Gasteiger partial charge in [-0.05, 0) is 80.5 Å². The number of hydrogen-bond donors (Lipinski definition) is 2. The first-order valence-corrected chi connectivity index (χ1v) is 14.1. The average molecular weight is 576 g/mol. The fourth-order valence-electron chi connectivity index (χ4n) is 5.58. The van der Waals surface area contributed by atoms with Crippen LogP contribution in [0.25, 0.3) is 5.57 Å². The monoisotopic (exact) mass is 575 g/mol. The zero-order valence-corrected chi connectivity index (χ0v) is 24.9. The number of nitrogens with one attached hydrogen (secondary N) is 2. The van der Waals surface area contributed by atoms with Crippen molar-refractivity contribution in [3.63, 3.8) is 0 Å². The van der Waals surface area contributed by atoms with Crippen molar-refractivity contribution in [2.45, 2.75) is 44.8 Å². The van der Waals surface area contributed by atoms with Crippen LogP contribution in [0.2, 0.25) is 5.02 Å². The number of anilines is 2. The van der Waals surface area contributed by atoms with Gasteiger partial charge in [0.25, 0.3) is 0 Å². The Morgan fingerprint density at radius 3 is 2.67 bits per heavy atom. The van der Waals surface area contributed by atoms with Crippen molar-refractivity contribution in [2.75, 3.05) is 30.9 Å². The van der Waals surface area contributed by atoms with Crippen molar-refractivity contribution >= 4 is 51.8 Å². The van der Waals surface area contributed by atoms with E-state index in [1.54, 1.807) is 13.3 Å². The molecule has 0 radical (unpaired) electrons. The minimum absolute atomic E-state index is 0.129. The van der Waals surface area contributed by atoms with E-state index in [0.717, 1.165) is 22.5 Å². The number of likely N-dealkylation sites (N-methyl/N-ethyl adjacent to an activating group) is 1. The molecule has 0 aliphatic carbocycles. The van der Waals surface area contributed by atoms with E-state index in [2.05, 4.69) is 65.4 Å². The quantitative estimate of drug-likeness (QED) is 0.317. The number of amides is 1. The molecule has 2 aromatic carbocycles. The van der Waals surface area contributed by atoms with Crippen LogP contribution < -0.4 is 20.3 Å². The van der Waals surface area contributed by atoms with Gasteiger partial charge in [-0.15, -0.1) is 0 Å². The summed E-state index contributed by atoms with van der Waals surface area (Å²) in [4.78, 5) is 22.0. The zero-order valence-electron chi connectivity index (χ0n) is 23.4. The molecule has 3 heterocycles.